The number of fused-ring (bicyclic) bond motifs is 1. The van der Waals surface area contributed by atoms with E-state index in [0.717, 1.165) is 18.2 Å². The number of azo groups is 1. The average molecular weight is 508 g/mol. The number of phenolic OH excluding ortho intramolecular Hbond substituents is 1. The van der Waals surface area contributed by atoms with Crippen LogP contribution in [-0.4, -0.2) is 24.0 Å². The van der Waals surface area contributed by atoms with Crippen LogP contribution in [0.15, 0.2) is 83.0 Å². The van der Waals surface area contributed by atoms with Crippen molar-refractivity contribution < 1.29 is 32.6 Å². The Morgan fingerprint density at radius 1 is 0.973 bits per heavy atom. The first kappa shape index (κ1) is 25.2. The largest absolute Gasteiger partial charge is 0.505 e. The molecular weight excluding hydrogens is 489 g/mol. The highest BCUT2D eigenvalue weighted by molar-refractivity contribution is 6.11. The maximum Gasteiger partial charge on any atom is 0.416 e. The zero-order chi connectivity index (χ0) is 26.7. The highest BCUT2D eigenvalue weighted by Gasteiger charge is 2.30. The lowest BCUT2D eigenvalue weighted by Crippen LogP contribution is -2.13. The third-order valence-electron chi connectivity index (χ3n) is 5.41. The summed E-state index contributed by atoms with van der Waals surface area (Å²) < 4.78 is 44.4. The number of primary amides is 1. The molecule has 8 nitrogen and oxygen atoms in total. The molecule has 0 saturated heterocycles. The van der Waals surface area contributed by atoms with Gasteiger partial charge in [-0.1, -0.05) is 30.3 Å². The molecule has 0 aliphatic rings. The Balaban J connectivity index is 1.77. The molecule has 2 amide bonds. The molecule has 0 aromatic heterocycles. The smallest absolute Gasteiger partial charge is 0.416 e. The predicted molar refractivity (Wildman–Crippen MR) is 131 cm³/mol. The van der Waals surface area contributed by atoms with Crippen molar-refractivity contribution >= 4 is 39.6 Å². The van der Waals surface area contributed by atoms with E-state index in [1.807, 2.05) is 0 Å². The van der Waals surface area contributed by atoms with Crippen LogP contribution in [0.1, 0.15) is 26.3 Å². The summed E-state index contributed by atoms with van der Waals surface area (Å²) in [5, 5.41) is 22.5. The van der Waals surface area contributed by atoms with Gasteiger partial charge in [-0.05, 0) is 47.9 Å². The Morgan fingerprint density at radius 3 is 2.43 bits per heavy atom. The van der Waals surface area contributed by atoms with E-state index in [-0.39, 0.29) is 33.9 Å². The number of hydrogen-bond acceptors (Lipinski definition) is 6. The molecule has 188 valence electrons. The molecule has 4 rings (SSSR count). The monoisotopic (exact) mass is 508 g/mol. The van der Waals surface area contributed by atoms with E-state index in [1.54, 1.807) is 24.3 Å². The number of methoxy groups -OCH3 is 1. The van der Waals surface area contributed by atoms with Crippen LogP contribution in [0.4, 0.5) is 30.2 Å². The SMILES string of the molecule is COc1ccc(C(N)=O)cc1N=Nc1c(O)c(C(=O)Nc2cccc(C(F)(F)F)c2)cc2ccccc12. The first-order valence-corrected chi connectivity index (χ1v) is 10.7. The van der Waals surface area contributed by atoms with Gasteiger partial charge in [0.25, 0.3) is 5.91 Å². The molecule has 0 saturated carbocycles. The van der Waals surface area contributed by atoms with Gasteiger partial charge in [0.05, 0.1) is 18.2 Å². The lowest BCUT2D eigenvalue weighted by atomic mass is 10.0. The summed E-state index contributed by atoms with van der Waals surface area (Å²) in [5.41, 5.74) is 4.27. The van der Waals surface area contributed by atoms with Crippen LogP contribution in [0.5, 0.6) is 11.5 Å². The summed E-state index contributed by atoms with van der Waals surface area (Å²) in [6.45, 7) is 0. The molecule has 0 spiro atoms. The quantitative estimate of drug-likeness (QED) is 0.263. The second-order valence-electron chi connectivity index (χ2n) is 7.83. The van der Waals surface area contributed by atoms with E-state index in [1.165, 1.54) is 37.4 Å². The Kier molecular flexibility index (Phi) is 6.79. The average Bonchev–Trinajstić information content (AvgIpc) is 2.87. The number of carbonyl (C=O) groups excluding carboxylic acids is 2. The lowest BCUT2D eigenvalue weighted by Gasteiger charge is -2.13. The number of benzene rings is 4. The minimum absolute atomic E-state index is 0.0705. The topological polar surface area (TPSA) is 126 Å². The summed E-state index contributed by atoms with van der Waals surface area (Å²) in [4.78, 5) is 24.6. The second kappa shape index (κ2) is 9.97. The van der Waals surface area contributed by atoms with E-state index < -0.39 is 29.3 Å². The molecule has 4 aromatic rings. The molecule has 0 aliphatic carbocycles. The number of anilines is 1. The van der Waals surface area contributed by atoms with Crippen LogP contribution < -0.4 is 15.8 Å². The van der Waals surface area contributed by atoms with Gasteiger partial charge >= 0.3 is 6.18 Å². The number of nitrogens with two attached hydrogens (primary N) is 1. The van der Waals surface area contributed by atoms with Crippen molar-refractivity contribution in [2.45, 2.75) is 6.18 Å². The Bertz CT molecular complexity index is 1550. The molecular formula is C26H19F3N4O4. The molecule has 4 N–H and O–H groups in total. The summed E-state index contributed by atoms with van der Waals surface area (Å²) in [7, 11) is 1.39. The minimum Gasteiger partial charge on any atom is -0.505 e. The fourth-order valence-corrected chi connectivity index (χ4v) is 3.59. The second-order valence-corrected chi connectivity index (χ2v) is 7.83. The summed E-state index contributed by atoms with van der Waals surface area (Å²) in [6.07, 6.45) is -4.59. The fraction of sp³-hybridized carbons (Fsp3) is 0.0769. The maximum atomic E-state index is 13.1. The van der Waals surface area contributed by atoms with Crippen molar-refractivity contribution in [1.29, 1.82) is 0 Å². The van der Waals surface area contributed by atoms with Gasteiger partial charge in [-0.3, -0.25) is 9.59 Å². The van der Waals surface area contributed by atoms with Crippen LogP contribution in [0.3, 0.4) is 0 Å². The first-order valence-electron chi connectivity index (χ1n) is 10.7. The molecule has 11 heteroatoms. The molecule has 37 heavy (non-hydrogen) atoms. The number of nitrogens with zero attached hydrogens (tertiary/aromatic N) is 2. The zero-order valence-electron chi connectivity index (χ0n) is 19.2. The molecule has 0 fully saturated rings. The van der Waals surface area contributed by atoms with E-state index >= 15 is 0 Å². The molecule has 0 radical (unpaired) electrons. The molecule has 0 aliphatic heterocycles. The Morgan fingerprint density at radius 2 is 1.73 bits per heavy atom. The normalized spacial score (nSPS) is 11.6. The predicted octanol–water partition coefficient (Wildman–Crippen LogP) is 6.34. The number of nitrogens with one attached hydrogen (secondary N) is 1. The number of ether oxygens (including phenoxy) is 1. The number of carbonyl (C=O) groups is 2. The van der Waals surface area contributed by atoms with Gasteiger partial charge in [0, 0.05) is 16.6 Å². The molecule has 0 bridgehead atoms. The highest BCUT2D eigenvalue weighted by atomic mass is 19.4. The van der Waals surface area contributed by atoms with E-state index in [0.29, 0.717) is 10.8 Å². The fourth-order valence-electron chi connectivity index (χ4n) is 3.59. The Hall–Kier alpha value is -4.93. The van der Waals surface area contributed by atoms with Crippen molar-refractivity contribution in [3.63, 3.8) is 0 Å². The van der Waals surface area contributed by atoms with Gasteiger partial charge in [0.1, 0.15) is 17.1 Å². The third kappa shape index (κ3) is 5.35. The van der Waals surface area contributed by atoms with Gasteiger partial charge in [0.15, 0.2) is 5.75 Å². The van der Waals surface area contributed by atoms with Crippen molar-refractivity contribution in [3.05, 3.63) is 89.5 Å². The molecule has 4 aromatic carbocycles. The number of phenols is 1. The molecule has 0 atom stereocenters. The molecule has 0 unspecified atom stereocenters. The summed E-state index contributed by atoms with van der Waals surface area (Å²) in [6, 6.07) is 16.5. The number of aromatic hydroxyl groups is 1. The van der Waals surface area contributed by atoms with Crippen LogP contribution in [-0.2, 0) is 6.18 Å². The van der Waals surface area contributed by atoms with Crippen LogP contribution in [0, 0.1) is 0 Å². The minimum atomic E-state index is -4.59. The Labute approximate surface area is 208 Å². The number of amides is 2. The van der Waals surface area contributed by atoms with Gasteiger partial charge < -0.3 is 20.9 Å². The van der Waals surface area contributed by atoms with Crippen LogP contribution in [0.25, 0.3) is 10.8 Å². The van der Waals surface area contributed by atoms with Gasteiger partial charge in [-0.15, -0.1) is 10.2 Å². The zero-order valence-corrected chi connectivity index (χ0v) is 19.2. The standard InChI is InChI=1S/C26H19F3N4O4/c1-37-21-10-9-15(24(30)35)12-20(21)32-33-22-18-8-3-2-5-14(18)11-19(23(22)34)25(36)31-17-7-4-6-16(13-17)26(27,28)29/h2-13,34H,1H3,(H2,30,35)(H,31,36). The van der Waals surface area contributed by atoms with Gasteiger partial charge in [0.2, 0.25) is 5.91 Å². The van der Waals surface area contributed by atoms with Gasteiger partial charge in [-0.2, -0.15) is 13.2 Å². The van der Waals surface area contributed by atoms with Crippen molar-refractivity contribution in [1.82, 2.24) is 0 Å². The van der Waals surface area contributed by atoms with E-state index in [9.17, 15) is 27.9 Å². The third-order valence-corrected chi connectivity index (χ3v) is 5.41. The van der Waals surface area contributed by atoms with Gasteiger partial charge in [-0.25, -0.2) is 0 Å². The number of rotatable bonds is 6. The highest BCUT2D eigenvalue weighted by Crippen LogP contribution is 2.41. The number of halogens is 3. The van der Waals surface area contributed by atoms with E-state index in [2.05, 4.69) is 15.5 Å². The van der Waals surface area contributed by atoms with Crippen molar-refractivity contribution in [2.75, 3.05) is 12.4 Å². The van der Waals surface area contributed by atoms with Crippen molar-refractivity contribution in [2.24, 2.45) is 16.0 Å². The maximum absolute atomic E-state index is 13.1. The van der Waals surface area contributed by atoms with E-state index in [4.69, 9.17) is 10.5 Å². The number of hydrogen-bond donors (Lipinski definition) is 3. The summed E-state index contributed by atoms with van der Waals surface area (Å²) in [5.74, 6) is -1.82. The van der Waals surface area contributed by atoms with Crippen LogP contribution >= 0.6 is 0 Å². The van der Waals surface area contributed by atoms with Crippen LogP contribution in [0.2, 0.25) is 0 Å². The lowest BCUT2D eigenvalue weighted by molar-refractivity contribution is -0.137. The summed E-state index contributed by atoms with van der Waals surface area (Å²) >= 11 is 0. The molecule has 0 heterocycles. The number of alkyl halides is 3. The first-order chi connectivity index (χ1) is 17.6. The van der Waals surface area contributed by atoms with Crippen molar-refractivity contribution in [3.8, 4) is 11.5 Å².